The van der Waals surface area contributed by atoms with Gasteiger partial charge in [0.25, 0.3) is 0 Å². The summed E-state index contributed by atoms with van der Waals surface area (Å²) in [6, 6.07) is 2.48. The highest BCUT2D eigenvalue weighted by molar-refractivity contribution is 7.93. The number of carbonyl (C=O) groups excluding carboxylic acids is 1. The summed E-state index contributed by atoms with van der Waals surface area (Å²) >= 11 is 0. The van der Waals surface area contributed by atoms with E-state index in [1.165, 1.54) is 0 Å². The van der Waals surface area contributed by atoms with E-state index in [4.69, 9.17) is 4.78 Å². The third-order valence-electron chi connectivity index (χ3n) is 7.36. The Labute approximate surface area is 194 Å². The van der Waals surface area contributed by atoms with E-state index in [0.717, 1.165) is 25.0 Å². The van der Waals surface area contributed by atoms with Gasteiger partial charge in [-0.3, -0.25) is 0 Å². The number of hydrogen-bond acceptors (Lipinski definition) is 5. The standard InChI is InChI=1S/C20H24F4N4O4S2/c21-15-4-13(5-16(6-15)34(25,32)20(22,23)24)3-14-7-18(8-14)9-27(10-18)17(29)28-11-19(12-28)1-2-33(30,31)26-19/h4-6,14,25-26H,1-3,7-12H2. The number of benzene rings is 1. The van der Waals surface area contributed by atoms with Crippen molar-refractivity contribution in [3.63, 3.8) is 0 Å². The molecule has 4 aliphatic rings. The molecule has 2 N–H and O–H groups in total. The zero-order chi connectivity index (χ0) is 24.7. The number of rotatable bonds is 3. The number of alkyl halides is 3. The number of likely N-dealkylation sites (tertiary alicyclic amines) is 2. The minimum atomic E-state index is -5.28. The van der Waals surface area contributed by atoms with Crippen LogP contribution in [0.25, 0.3) is 0 Å². The third kappa shape index (κ3) is 3.96. The molecule has 14 heteroatoms. The van der Waals surface area contributed by atoms with Crippen molar-refractivity contribution in [1.82, 2.24) is 14.5 Å². The zero-order valence-electron chi connectivity index (χ0n) is 18.0. The molecule has 8 nitrogen and oxygen atoms in total. The van der Waals surface area contributed by atoms with Crippen LogP contribution in [0.2, 0.25) is 0 Å². The van der Waals surface area contributed by atoms with E-state index in [9.17, 15) is 35.0 Å². The summed E-state index contributed by atoms with van der Waals surface area (Å²) in [6.07, 6.45) is 2.27. The molecule has 0 radical (unpaired) electrons. The van der Waals surface area contributed by atoms with Crippen LogP contribution < -0.4 is 4.72 Å². The average Bonchev–Trinajstić information content (AvgIpc) is 2.95. The summed E-state index contributed by atoms with van der Waals surface area (Å²) in [5.41, 5.74) is -5.59. The van der Waals surface area contributed by atoms with E-state index in [-0.39, 0.29) is 28.7 Å². The Balaban J connectivity index is 1.13. The van der Waals surface area contributed by atoms with Crippen molar-refractivity contribution in [2.24, 2.45) is 11.3 Å². The van der Waals surface area contributed by atoms with Crippen molar-refractivity contribution >= 4 is 25.8 Å². The molecular weight excluding hydrogens is 500 g/mol. The van der Waals surface area contributed by atoms with Gasteiger partial charge in [0.1, 0.15) is 5.82 Å². The van der Waals surface area contributed by atoms with Crippen LogP contribution in [-0.2, 0) is 26.2 Å². The predicted molar refractivity (Wildman–Crippen MR) is 113 cm³/mol. The highest BCUT2D eigenvalue weighted by atomic mass is 32.2. The molecule has 0 bridgehead atoms. The second-order valence-corrected chi connectivity index (χ2v) is 14.1. The molecule has 1 unspecified atom stereocenters. The molecular formula is C20H24F4N4O4S2. The molecule has 1 saturated carbocycles. The van der Waals surface area contributed by atoms with Crippen LogP contribution in [0.4, 0.5) is 22.4 Å². The maximum atomic E-state index is 13.9. The first-order chi connectivity index (χ1) is 15.6. The van der Waals surface area contributed by atoms with Crippen molar-refractivity contribution in [2.45, 2.75) is 41.6 Å². The van der Waals surface area contributed by atoms with Crippen molar-refractivity contribution < 1.29 is 35.0 Å². The molecule has 34 heavy (non-hydrogen) atoms. The summed E-state index contributed by atoms with van der Waals surface area (Å²) < 4.78 is 97.6. The lowest BCUT2D eigenvalue weighted by Crippen LogP contribution is -2.73. The fourth-order valence-corrected chi connectivity index (χ4v) is 8.36. The molecule has 4 fully saturated rings. The highest BCUT2D eigenvalue weighted by Gasteiger charge is 2.57. The van der Waals surface area contributed by atoms with Gasteiger partial charge in [0.2, 0.25) is 10.0 Å². The summed E-state index contributed by atoms with van der Waals surface area (Å²) in [7, 11) is -8.38. The van der Waals surface area contributed by atoms with Crippen LogP contribution in [0, 0.1) is 21.9 Å². The van der Waals surface area contributed by atoms with Gasteiger partial charge in [-0.1, -0.05) is 0 Å². The fourth-order valence-electron chi connectivity index (χ4n) is 5.84. The van der Waals surface area contributed by atoms with E-state index in [1.807, 2.05) is 0 Å². The summed E-state index contributed by atoms with van der Waals surface area (Å²) in [6.45, 7) is 1.83. The number of hydrogen-bond donors (Lipinski definition) is 2. The second-order valence-electron chi connectivity index (χ2n) is 10.2. The Morgan fingerprint density at radius 3 is 2.32 bits per heavy atom. The van der Waals surface area contributed by atoms with Crippen molar-refractivity contribution in [3.05, 3.63) is 29.6 Å². The summed E-state index contributed by atoms with van der Waals surface area (Å²) in [5.74, 6) is -0.784. The lowest BCUT2D eigenvalue weighted by molar-refractivity contribution is -0.0822. The van der Waals surface area contributed by atoms with Gasteiger partial charge in [-0.05, 0) is 55.4 Å². The van der Waals surface area contributed by atoms with Crippen LogP contribution >= 0.6 is 0 Å². The largest absolute Gasteiger partial charge is 0.483 e. The van der Waals surface area contributed by atoms with Gasteiger partial charge in [-0.2, -0.15) is 13.2 Å². The van der Waals surface area contributed by atoms with Crippen LogP contribution in [0.15, 0.2) is 23.1 Å². The lowest BCUT2D eigenvalue weighted by Gasteiger charge is -2.61. The highest BCUT2D eigenvalue weighted by Crippen LogP contribution is 2.53. The van der Waals surface area contributed by atoms with E-state index >= 15 is 0 Å². The molecule has 0 aromatic heterocycles. The Morgan fingerprint density at radius 1 is 1.15 bits per heavy atom. The van der Waals surface area contributed by atoms with E-state index in [1.54, 1.807) is 9.80 Å². The Hall–Kier alpha value is -1.93. The molecule has 3 aliphatic heterocycles. The maximum Gasteiger partial charge on any atom is 0.483 e. The smallest absolute Gasteiger partial charge is 0.323 e. The van der Waals surface area contributed by atoms with Crippen molar-refractivity contribution in [1.29, 1.82) is 4.78 Å². The topological polar surface area (TPSA) is 111 Å². The van der Waals surface area contributed by atoms with Gasteiger partial charge >= 0.3 is 11.5 Å². The molecule has 5 rings (SSSR count). The van der Waals surface area contributed by atoms with Gasteiger partial charge in [-0.15, -0.1) is 0 Å². The van der Waals surface area contributed by atoms with Crippen LogP contribution in [0.1, 0.15) is 24.8 Å². The number of nitrogens with zero attached hydrogens (tertiary/aromatic N) is 2. The molecule has 2 amide bonds. The average molecular weight is 525 g/mol. The molecule has 1 aromatic rings. The maximum absolute atomic E-state index is 13.9. The van der Waals surface area contributed by atoms with Gasteiger partial charge < -0.3 is 9.80 Å². The molecule has 1 atom stereocenters. The molecule has 3 saturated heterocycles. The monoisotopic (exact) mass is 524 g/mol. The number of nitrogens with one attached hydrogen (secondary N) is 2. The quantitative estimate of drug-likeness (QED) is 0.592. The van der Waals surface area contributed by atoms with E-state index in [0.29, 0.717) is 45.1 Å². The Kier molecular flexibility index (Phi) is 5.10. The lowest BCUT2D eigenvalue weighted by atomic mass is 9.56. The Morgan fingerprint density at radius 2 is 1.76 bits per heavy atom. The number of urea groups is 1. The van der Waals surface area contributed by atoms with E-state index < -0.39 is 41.5 Å². The van der Waals surface area contributed by atoms with E-state index in [2.05, 4.69) is 4.72 Å². The number of carbonyl (C=O) groups is 1. The molecule has 3 heterocycles. The zero-order valence-corrected chi connectivity index (χ0v) is 19.7. The number of sulfonamides is 1. The second kappa shape index (κ2) is 7.29. The summed E-state index contributed by atoms with van der Waals surface area (Å²) in [4.78, 5) is 15.1. The number of amides is 2. The fraction of sp³-hybridized carbons (Fsp3) is 0.650. The normalized spacial score (nSPS) is 26.6. The van der Waals surface area contributed by atoms with Gasteiger partial charge in [0.05, 0.1) is 16.2 Å². The molecule has 1 aliphatic carbocycles. The van der Waals surface area contributed by atoms with Crippen LogP contribution in [0.5, 0.6) is 0 Å². The minimum Gasteiger partial charge on any atom is -0.323 e. The SMILES string of the molecule is N=S(=O)(c1cc(F)cc(CC2CC3(C2)CN(C(=O)N2CC4(CCS(=O)(=O)N4)C2)C3)c1)C(F)(F)F. The van der Waals surface area contributed by atoms with Crippen molar-refractivity contribution in [2.75, 3.05) is 31.9 Å². The first kappa shape index (κ1) is 23.8. The van der Waals surface area contributed by atoms with Crippen LogP contribution in [-0.4, -0.2) is 71.4 Å². The van der Waals surface area contributed by atoms with Crippen molar-refractivity contribution in [3.8, 4) is 0 Å². The molecule has 2 spiro atoms. The number of halogens is 4. The molecule has 1 aromatic carbocycles. The summed E-state index contributed by atoms with van der Waals surface area (Å²) in [5, 5.41) is 0. The van der Waals surface area contributed by atoms with Crippen LogP contribution in [0.3, 0.4) is 0 Å². The van der Waals surface area contributed by atoms with Gasteiger partial charge in [0, 0.05) is 31.6 Å². The first-order valence-electron chi connectivity index (χ1n) is 10.8. The minimum absolute atomic E-state index is 0.0527. The van der Waals surface area contributed by atoms with Gasteiger partial charge in [0.15, 0.2) is 9.73 Å². The Bertz CT molecular complexity index is 1250. The first-order valence-corrected chi connectivity index (χ1v) is 14.0. The van der Waals surface area contributed by atoms with Gasteiger partial charge in [-0.25, -0.2) is 31.3 Å². The predicted octanol–water partition coefficient (Wildman–Crippen LogP) is 2.50. The molecule has 188 valence electrons. The third-order valence-corrected chi connectivity index (χ3v) is 10.4.